The number of para-hydroxylation sites is 1. The van der Waals surface area contributed by atoms with Crippen LogP contribution < -0.4 is 9.62 Å². The maximum atomic E-state index is 14.0. The van der Waals surface area contributed by atoms with Crippen molar-refractivity contribution in [1.29, 1.82) is 0 Å². The van der Waals surface area contributed by atoms with Gasteiger partial charge in [0.2, 0.25) is 10.0 Å². The minimum atomic E-state index is -3.28. The predicted molar refractivity (Wildman–Crippen MR) is 99.1 cm³/mol. The summed E-state index contributed by atoms with van der Waals surface area (Å²) in [5.41, 5.74) is 0.605. The number of hydrogen-bond donors (Lipinski definition) is 1. The van der Waals surface area contributed by atoms with Gasteiger partial charge < -0.3 is 9.32 Å². The summed E-state index contributed by atoms with van der Waals surface area (Å²) in [6.07, 6.45) is 1.59. The average molecular weight is 381 g/mol. The van der Waals surface area contributed by atoms with Gasteiger partial charge in [-0.3, -0.25) is 4.90 Å². The minimum absolute atomic E-state index is 0.0406. The second-order valence-electron chi connectivity index (χ2n) is 6.26. The van der Waals surface area contributed by atoms with E-state index >= 15 is 0 Å². The summed E-state index contributed by atoms with van der Waals surface area (Å²) in [7, 11) is -3.28. The van der Waals surface area contributed by atoms with Gasteiger partial charge in [-0.05, 0) is 31.2 Å². The number of rotatable bonds is 7. The molecule has 1 fully saturated rings. The monoisotopic (exact) mass is 381 g/mol. The molecule has 142 valence electrons. The SMILES string of the molecule is CCS(=O)(=O)NC[C@@H](c1ccco1)N1CCN(c2ccccc2F)CC1. The van der Waals surface area contributed by atoms with Crippen molar-refractivity contribution in [2.45, 2.75) is 13.0 Å². The topological polar surface area (TPSA) is 65.8 Å². The number of anilines is 1. The van der Waals surface area contributed by atoms with Crippen molar-refractivity contribution in [1.82, 2.24) is 9.62 Å². The molecule has 1 aromatic heterocycles. The second kappa shape index (κ2) is 8.20. The van der Waals surface area contributed by atoms with Gasteiger partial charge >= 0.3 is 0 Å². The van der Waals surface area contributed by atoms with E-state index in [1.807, 2.05) is 17.0 Å². The lowest BCUT2D eigenvalue weighted by molar-refractivity contribution is 0.166. The third kappa shape index (κ3) is 4.44. The van der Waals surface area contributed by atoms with Gasteiger partial charge in [-0.2, -0.15) is 0 Å². The Morgan fingerprint density at radius 2 is 1.88 bits per heavy atom. The number of nitrogens with zero attached hydrogens (tertiary/aromatic N) is 2. The molecule has 0 bridgehead atoms. The van der Waals surface area contributed by atoms with Crippen LogP contribution in [0.2, 0.25) is 0 Å². The third-order valence-electron chi connectivity index (χ3n) is 4.70. The van der Waals surface area contributed by atoms with E-state index in [0.717, 1.165) is 5.76 Å². The molecule has 0 aliphatic carbocycles. The molecule has 26 heavy (non-hydrogen) atoms. The molecule has 0 saturated carbocycles. The number of sulfonamides is 1. The first-order valence-corrected chi connectivity index (χ1v) is 10.4. The smallest absolute Gasteiger partial charge is 0.211 e. The zero-order valence-corrected chi connectivity index (χ0v) is 15.6. The van der Waals surface area contributed by atoms with Crippen LogP contribution >= 0.6 is 0 Å². The lowest BCUT2D eigenvalue weighted by Gasteiger charge is -2.39. The van der Waals surface area contributed by atoms with Crippen molar-refractivity contribution in [3.05, 3.63) is 54.2 Å². The molecule has 2 aromatic rings. The van der Waals surface area contributed by atoms with E-state index in [-0.39, 0.29) is 24.2 Å². The highest BCUT2D eigenvalue weighted by Crippen LogP contribution is 2.25. The fourth-order valence-electron chi connectivity index (χ4n) is 3.18. The number of hydrogen-bond acceptors (Lipinski definition) is 5. The van der Waals surface area contributed by atoms with Crippen LogP contribution in [0.4, 0.5) is 10.1 Å². The van der Waals surface area contributed by atoms with Gasteiger partial charge in [-0.25, -0.2) is 17.5 Å². The molecule has 0 radical (unpaired) electrons. The number of halogens is 1. The summed E-state index contributed by atoms with van der Waals surface area (Å²) < 4.78 is 45.8. The van der Waals surface area contributed by atoms with Crippen molar-refractivity contribution < 1.29 is 17.2 Å². The van der Waals surface area contributed by atoms with Crippen molar-refractivity contribution in [2.75, 3.05) is 43.4 Å². The van der Waals surface area contributed by atoms with Crippen LogP contribution in [0.5, 0.6) is 0 Å². The van der Waals surface area contributed by atoms with Crippen molar-refractivity contribution in [3.8, 4) is 0 Å². The molecular weight excluding hydrogens is 357 g/mol. The molecule has 1 aromatic carbocycles. The Morgan fingerprint density at radius 3 is 2.50 bits per heavy atom. The fourth-order valence-corrected chi connectivity index (χ4v) is 3.80. The van der Waals surface area contributed by atoms with Crippen molar-refractivity contribution in [2.24, 2.45) is 0 Å². The van der Waals surface area contributed by atoms with Gasteiger partial charge in [0, 0.05) is 32.7 Å². The lowest BCUT2D eigenvalue weighted by atomic mass is 10.1. The van der Waals surface area contributed by atoms with Gasteiger partial charge in [-0.1, -0.05) is 12.1 Å². The molecule has 0 spiro atoms. The van der Waals surface area contributed by atoms with E-state index in [1.54, 1.807) is 31.4 Å². The molecule has 0 unspecified atom stereocenters. The van der Waals surface area contributed by atoms with Gasteiger partial charge in [0.15, 0.2) is 0 Å². The lowest BCUT2D eigenvalue weighted by Crippen LogP contribution is -2.50. The van der Waals surface area contributed by atoms with Crippen LogP contribution in [-0.2, 0) is 10.0 Å². The molecule has 1 saturated heterocycles. The number of furan rings is 1. The number of nitrogens with one attached hydrogen (secondary N) is 1. The van der Waals surface area contributed by atoms with E-state index in [1.165, 1.54) is 6.07 Å². The van der Waals surface area contributed by atoms with Gasteiger partial charge in [0.1, 0.15) is 11.6 Å². The molecule has 1 aliphatic heterocycles. The highest BCUT2D eigenvalue weighted by atomic mass is 32.2. The first-order chi connectivity index (χ1) is 12.5. The second-order valence-corrected chi connectivity index (χ2v) is 8.35. The van der Waals surface area contributed by atoms with E-state index in [0.29, 0.717) is 31.9 Å². The molecule has 1 atom stereocenters. The van der Waals surface area contributed by atoms with E-state index in [2.05, 4.69) is 9.62 Å². The maximum Gasteiger partial charge on any atom is 0.211 e. The van der Waals surface area contributed by atoms with Crippen LogP contribution in [0.1, 0.15) is 18.7 Å². The summed E-state index contributed by atoms with van der Waals surface area (Å²) in [5, 5.41) is 0. The maximum absolute atomic E-state index is 14.0. The van der Waals surface area contributed by atoms with Crippen LogP contribution in [-0.4, -0.2) is 51.8 Å². The zero-order chi connectivity index (χ0) is 18.6. The van der Waals surface area contributed by atoms with Crippen LogP contribution in [0.25, 0.3) is 0 Å². The first-order valence-electron chi connectivity index (χ1n) is 8.74. The van der Waals surface area contributed by atoms with Crippen LogP contribution in [0.3, 0.4) is 0 Å². The minimum Gasteiger partial charge on any atom is -0.468 e. The van der Waals surface area contributed by atoms with Gasteiger partial charge in [0.05, 0.1) is 23.7 Å². The fraction of sp³-hybridized carbons (Fsp3) is 0.444. The number of benzene rings is 1. The summed E-state index contributed by atoms with van der Waals surface area (Å²) >= 11 is 0. The van der Waals surface area contributed by atoms with Crippen LogP contribution in [0, 0.1) is 5.82 Å². The Morgan fingerprint density at radius 1 is 1.15 bits per heavy atom. The quantitative estimate of drug-likeness (QED) is 0.797. The highest BCUT2D eigenvalue weighted by Gasteiger charge is 2.28. The standard InChI is InChI=1S/C18H24FN3O3S/c1-2-26(23,24)20-14-17(18-8-5-13-25-18)22-11-9-21(10-12-22)16-7-4-3-6-15(16)19/h3-8,13,17,20H,2,9-12,14H2,1H3/t17-/m0/s1. The Kier molecular flexibility index (Phi) is 5.95. The normalized spacial score (nSPS) is 17.4. The molecule has 2 heterocycles. The average Bonchev–Trinajstić information content (AvgIpc) is 3.17. The Bertz CT molecular complexity index is 803. The first kappa shape index (κ1) is 18.9. The zero-order valence-electron chi connectivity index (χ0n) is 14.8. The van der Waals surface area contributed by atoms with E-state index in [4.69, 9.17) is 4.42 Å². The number of piperazine rings is 1. The van der Waals surface area contributed by atoms with Crippen LogP contribution in [0.15, 0.2) is 47.1 Å². The molecule has 3 rings (SSSR count). The summed E-state index contributed by atoms with van der Waals surface area (Å²) in [5.74, 6) is 0.543. The van der Waals surface area contributed by atoms with E-state index < -0.39 is 10.0 Å². The van der Waals surface area contributed by atoms with Gasteiger partial charge in [0.25, 0.3) is 0 Å². The highest BCUT2D eigenvalue weighted by molar-refractivity contribution is 7.89. The van der Waals surface area contributed by atoms with Gasteiger partial charge in [-0.15, -0.1) is 0 Å². The Labute approximate surface area is 153 Å². The van der Waals surface area contributed by atoms with Crippen molar-refractivity contribution in [3.63, 3.8) is 0 Å². The third-order valence-corrected chi connectivity index (χ3v) is 6.06. The predicted octanol–water partition coefficient (Wildman–Crippen LogP) is 2.22. The summed E-state index contributed by atoms with van der Waals surface area (Å²) in [6.45, 7) is 4.57. The molecule has 6 nitrogen and oxygen atoms in total. The molecule has 1 N–H and O–H groups in total. The van der Waals surface area contributed by atoms with Crippen molar-refractivity contribution >= 4 is 15.7 Å². The summed E-state index contributed by atoms with van der Waals surface area (Å²) in [6, 6.07) is 10.2. The molecule has 0 amide bonds. The molecular formula is C18H24FN3O3S. The largest absolute Gasteiger partial charge is 0.468 e. The molecule has 1 aliphatic rings. The van der Waals surface area contributed by atoms with E-state index in [9.17, 15) is 12.8 Å². The Balaban J connectivity index is 1.68. The Hall–Kier alpha value is -1.90. The summed E-state index contributed by atoms with van der Waals surface area (Å²) in [4.78, 5) is 4.19. The molecule has 8 heteroatoms.